The van der Waals surface area contributed by atoms with Crippen molar-refractivity contribution in [2.24, 2.45) is 5.92 Å². The third-order valence-electron chi connectivity index (χ3n) is 3.66. The lowest BCUT2D eigenvalue weighted by Crippen LogP contribution is -2.41. The number of nitrogens with zero attached hydrogens (tertiary/aromatic N) is 1. The minimum atomic E-state index is -1.02. The predicted octanol–water partition coefficient (Wildman–Crippen LogP) is 2.23. The SMILES string of the molecule is Cc1oc(CNC(=O)N2CC(C)CC2C)cc1C(=O)O. The molecule has 0 aliphatic carbocycles. The Morgan fingerprint density at radius 2 is 2.20 bits per heavy atom. The van der Waals surface area contributed by atoms with E-state index in [4.69, 9.17) is 9.52 Å². The first-order valence-electron chi connectivity index (χ1n) is 6.75. The van der Waals surface area contributed by atoms with Crippen molar-refractivity contribution in [2.75, 3.05) is 6.54 Å². The molecule has 0 bridgehead atoms. The number of carbonyl (C=O) groups excluding carboxylic acids is 1. The van der Waals surface area contributed by atoms with Gasteiger partial charge in [-0.1, -0.05) is 6.92 Å². The molecule has 2 heterocycles. The van der Waals surface area contributed by atoms with Crippen molar-refractivity contribution < 1.29 is 19.1 Å². The number of carboxylic acids is 1. The molecule has 0 aromatic carbocycles. The average molecular weight is 280 g/mol. The molecule has 2 rings (SSSR count). The molecular formula is C14H20N2O4. The van der Waals surface area contributed by atoms with Crippen LogP contribution in [0.15, 0.2) is 10.5 Å². The number of hydrogen-bond acceptors (Lipinski definition) is 3. The van der Waals surface area contributed by atoms with Crippen LogP contribution in [-0.2, 0) is 6.54 Å². The van der Waals surface area contributed by atoms with Crippen LogP contribution in [0.3, 0.4) is 0 Å². The van der Waals surface area contributed by atoms with Gasteiger partial charge in [0, 0.05) is 12.6 Å². The fraction of sp³-hybridized carbons (Fsp3) is 0.571. The standard InChI is InChI=1S/C14H20N2O4/c1-8-4-9(2)16(7-8)14(19)15-6-11-5-12(13(17)18)10(3)20-11/h5,8-9H,4,6-7H2,1-3H3,(H,15,19)(H,17,18). The van der Waals surface area contributed by atoms with Crippen molar-refractivity contribution in [1.29, 1.82) is 0 Å². The molecule has 1 aliphatic rings. The average Bonchev–Trinajstić information content (AvgIpc) is 2.89. The van der Waals surface area contributed by atoms with E-state index in [-0.39, 0.29) is 24.2 Å². The Labute approximate surface area is 117 Å². The molecule has 1 aliphatic heterocycles. The van der Waals surface area contributed by atoms with E-state index < -0.39 is 5.97 Å². The minimum absolute atomic E-state index is 0.132. The van der Waals surface area contributed by atoms with E-state index in [2.05, 4.69) is 12.2 Å². The summed E-state index contributed by atoms with van der Waals surface area (Å²) < 4.78 is 5.32. The Kier molecular flexibility index (Phi) is 4.01. The largest absolute Gasteiger partial charge is 0.478 e. The van der Waals surface area contributed by atoms with Gasteiger partial charge in [0.15, 0.2) is 0 Å². The van der Waals surface area contributed by atoms with Gasteiger partial charge in [0.25, 0.3) is 0 Å². The molecule has 2 unspecified atom stereocenters. The van der Waals surface area contributed by atoms with Gasteiger partial charge in [0.05, 0.1) is 6.54 Å². The fourth-order valence-corrected chi connectivity index (χ4v) is 2.69. The molecule has 2 N–H and O–H groups in total. The van der Waals surface area contributed by atoms with Crippen LogP contribution in [0.25, 0.3) is 0 Å². The summed E-state index contributed by atoms with van der Waals surface area (Å²) in [4.78, 5) is 24.8. The Hall–Kier alpha value is -1.98. The highest BCUT2D eigenvalue weighted by Crippen LogP contribution is 2.22. The topological polar surface area (TPSA) is 82.8 Å². The highest BCUT2D eigenvalue weighted by atomic mass is 16.4. The van der Waals surface area contributed by atoms with E-state index in [9.17, 15) is 9.59 Å². The maximum Gasteiger partial charge on any atom is 0.339 e. The quantitative estimate of drug-likeness (QED) is 0.889. The highest BCUT2D eigenvalue weighted by Gasteiger charge is 2.29. The molecule has 1 aromatic rings. The van der Waals surface area contributed by atoms with Crippen molar-refractivity contribution in [1.82, 2.24) is 10.2 Å². The van der Waals surface area contributed by atoms with Crippen molar-refractivity contribution in [2.45, 2.75) is 39.8 Å². The number of amides is 2. The van der Waals surface area contributed by atoms with Crippen LogP contribution in [0.2, 0.25) is 0 Å². The van der Waals surface area contributed by atoms with E-state index in [1.54, 1.807) is 11.8 Å². The van der Waals surface area contributed by atoms with E-state index in [0.717, 1.165) is 13.0 Å². The van der Waals surface area contributed by atoms with Gasteiger partial charge in [-0.3, -0.25) is 0 Å². The number of carboxylic acid groups (broad SMARTS) is 1. The zero-order chi connectivity index (χ0) is 14.9. The Morgan fingerprint density at radius 3 is 2.70 bits per heavy atom. The maximum absolute atomic E-state index is 12.1. The second-order valence-electron chi connectivity index (χ2n) is 5.49. The summed E-state index contributed by atoms with van der Waals surface area (Å²) in [7, 11) is 0. The molecule has 6 nitrogen and oxygen atoms in total. The summed E-state index contributed by atoms with van der Waals surface area (Å²) in [6.07, 6.45) is 1.01. The first-order valence-corrected chi connectivity index (χ1v) is 6.75. The number of nitrogens with one attached hydrogen (secondary N) is 1. The molecule has 1 aromatic heterocycles. The molecule has 1 fully saturated rings. The molecule has 0 spiro atoms. The van der Waals surface area contributed by atoms with Gasteiger partial charge < -0.3 is 19.7 Å². The van der Waals surface area contributed by atoms with E-state index in [1.807, 2.05) is 6.92 Å². The van der Waals surface area contributed by atoms with Crippen molar-refractivity contribution in [3.63, 3.8) is 0 Å². The molecule has 1 saturated heterocycles. The van der Waals surface area contributed by atoms with Gasteiger partial charge in [0.2, 0.25) is 0 Å². The number of furan rings is 1. The van der Waals surface area contributed by atoms with Gasteiger partial charge in [-0.2, -0.15) is 0 Å². The second-order valence-corrected chi connectivity index (χ2v) is 5.49. The number of aryl methyl sites for hydroxylation is 1. The Balaban J connectivity index is 1.94. The van der Waals surface area contributed by atoms with E-state index in [0.29, 0.717) is 17.4 Å². The van der Waals surface area contributed by atoms with Gasteiger partial charge in [0.1, 0.15) is 17.1 Å². The van der Waals surface area contributed by atoms with E-state index in [1.165, 1.54) is 6.07 Å². The number of rotatable bonds is 3. The van der Waals surface area contributed by atoms with Crippen LogP contribution in [0.5, 0.6) is 0 Å². The normalized spacial score (nSPS) is 22.1. The van der Waals surface area contributed by atoms with Crippen LogP contribution in [0.1, 0.15) is 42.1 Å². The van der Waals surface area contributed by atoms with Crippen LogP contribution >= 0.6 is 0 Å². The van der Waals surface area contributed by atoms with Gasteiger partial charge >= 0.3 is 12.0 Å². The van der Waals surface area contributed by atoms with E-state index >= 15 is 0 Å². The second kappa shape index (κ2) is 5.56. The summed E-state index contributed by atoms with van der Waals surface area (Å²) in [5.41, 5.74) is 0.136. The summed E-state index contributed by atoms with van der Waals surface area (Å²) in [5.74, 6) is 0.295. The Morgan fingerprint density at radius 1 is 1.50 bits per heavy atom. The first kappa shape index (κ1) is 14.4. The summed E-state index contributed by atoms with van der Waals surface area (Å²) in [6.45, 7) is 6.70. The summed E-state index contributed by atoms with van der Waals surface area (Å²) >= 11 is 0. The maximum atomic E-state index is 12.1. The number of carbonyl (C=O) groups is 2. The highest BCUT2D eigenvalue weighted by molar-refractivity contribution is 5.88. The van der Waals surface area contributed by atoms with Crippen molar-refractivity contribution in [3.05, 3.63) is 23.2 Å². The third kappa shape index (κ3) is 2.95. The molecule has 0 radical (unpaired) electrons. The summed E-state index contributed by atoms with van der Waals surface area (Å²) in [6, 6.07) is 1.55. The molecule has 110 valence electrons. The first-order chi connectivity index (χ1) is 9.38. The fourth-order valence-electron chi connectivity index (χ4n) is 2.69. The van der Waals surface area contributed by atoms with Crippen molar-refractivity contribution >= 4 is 12.0 Å². The molecule has 6 heteroatoms. The third-order valence-corrected chi connectivity index (χ3v) is 3.66. The van der Waals surface area contributed by atoms with Gasteiger partial charge in [-0.15, -0.1) is 0 Å². The van der Waals surface area contributed by atoms with Crippen LogP contribution in [0.4, 0.5) is 4.79 Å². The minimum Gasteiger partial charge on any atom is -0.478 e. The lowest BCUT2D eigenvalue weighted by Gasteiger charge is -2.21. The number of likely N-dealkylation sites (tertiary alicyclic amines) is 1. The number of urea groups is 1. The lowest BCUT2D eigenvalue weighted by atomic mass is 10.1. The molecule has 0 saturated carbocycles. The van der Waals surface area contributed by atoms with Gasteiger partial charge in [-0.05, 0) is 32.3 Å². The molecule has 2 amide bonds. The zero-order valence-electron chi connectivity index (χ0n) is 12.0. The monoisotopic (exact) mass is 280 g/mol. The smallest absolute Gasteiger partial charge is 0.339 e. The zero-order valence-corrected chi connectivity index (χ0v) is 12.0. The van der Waals surface area contributed by atoms with Crippen molar-refractivity contribution in [3.8, 4) is 0 Å². The van der Waals surface area contributed by atoms with Crippen LogP contribution in [-0.4, -0.2) is 34.6 Å². The summed E-state index contributed by atoms with van der Waals surface area (Å²) in [5, 5.41) is 11.7. The molecular weight excluding hydrogens is 260 g/mol. The molecule has 20 heavy (non-hydrogen) atoms. The number of hydrogen-bond donors (Lipinski definition) is 2. The van der Waals surface area contributed by atoms with Gasteiger partial charge in [-0.25, -0.2) is 9.59 Å². The molecule has 2 atom stereocenters. The van der Waals surface area contributed by atoms with Crippen LogP contribution < -0.4 is 5.32 Å². The van der Waals surface area contributed by atoms with Crippen LogP contribution in [0, 0.1) is 12.8 Å². The Bertz CT molecular complexity index is 523. The predicted molar refractivity (Wildman–Crippen MR) is 72.6 cm³/mol. The number of aromatic carboxylic acids is 1. The lowest BCUT2D eigenvalue weighted by molar-refractivity contribution is 0.0695.